The molecule has 1 aliphatic heterocycles. The van der Waals surface area contributed by atoms with Gasteiger partial charge in [0.25, 0.3) is 0 Å². The van der Waals surface area contributed by atoms with Crippen LogP contribution in [0.4, 0.5) is 5.69 Å². The number of nitrogens with zero attached hydrogens (tertiary/aromatic N) is 2. The number of fused-ring (bicyclic) bond motifs is 1. The Hall–Kier alpha value is -2.71. The van der Waals surface area contributed by atoms with Gasteiger partial charge in [0, 0.05) is 16.8 Å². The van der Waals surface area contributed by atoms with E-state index in [-0.39, 0.29) is 24.8 Å². The van der Waals surface area contributed by atoms with Gasteiger partial charge in [-0.05, 0) is 37.6 Å². The number of para-hydroxylation sites is 2. The maximum atomic E-state index is 12.4. The molecule has 0 unspecified atom stereocenters. The van der Waals surface area contributed by atoms with Crippen molar-refractivity contribution >= 4 is 40.2 Å². The van der Waals surface area contributed by atoms with Crippen LogP contribution in [0.2, 0.25) is 0 Å². The minimum absolute atomic E-state index is 0.00695. The summed E-state index contributed by atoms with van der Waals surface area (Å²) in [7, 11) is 0. The molecule has 1 aliphatic rings. The standard InChI is InChI=1S/C21H21N3O3S2/c1-14-23-16(13-28-14)19-7-6-15(29-19)8-10-22-20(25)12-24-17-4-2-3-5-18(17)27-11-9-21(24)26/h2-7,13H,8-12H2,1H3,(H,22,25). The topological polar surface area (TPSA) is 71.5 Å². The maximum Gasteiger partial charge on any atom is 0.240 e. The maximum absolute atomic E-state index is 12.4. The summed E-state index contributed by atoms with van der Waals surface area (Å²) >= 11 is 3.33. The molecule has 0 bridgehead atoms. The molecule has 1 aromatic carbocycles. The number of ether oxygens (including phenoxy) is 1. The van der Waals surface area contributed by atoms with Crippen LogP contribution >= 0.6 is 22.7 Å². The van der Waals surface area contributed by atoms with E-state index in [0.29, 0.717) is 24.6 Å². The Morgan fingerprint density at radius 3 is 2.97 bits per heavy atom. The highest BCUT2D eigenvalue weighted by atomic mass is 32.1. The van der Waals surface area contributed by atoms with Crippen LogP contribution in [-0.2, 0) is 16.0 Å². The van der Waals surface area contributed by atoms with Crippen molar-refractivity contribution < 1.29 is 14.3 Å². The number of hydrogen-bond donors (Lipinski definition) is 1. The average Bonchev–Trinajstić information content (AvgIpc) is 3.32. The van der Waals surface area contributed by atoms with Crippen molar-refractivity contribution in [2.45, 2.75) is 19.8 Å². The molecule has 3 heterocycles. The summed E-state index contributed by atoms with van der Waals surface area (Å²) in [5.74, 6) is 0.350. The fourth-order valence-electron chi connectivity index (χ4n) is 3.14. The first-order valence-corrected chi connectivity index (χ1v) is 11.1. The first-order chi connectivity index (χ1) is 14.1. The van der Waals surface area contributed by atoms with Crippen molar-refractivity contribution in [3.63, 3.8) is 0 Å². The van der Waals surface area contributed by atoms with Gasteiger partial charge in [-0.2, -0.15) is 0 Å². The Labute approximate surface area is 177 Å². The number of anilines is 1. The molecule has 29 heavy (non-hydrogen) atoms. The fourth-order valence-corrected chi connectivity index (χ4v) is 4.80. The van der Waals surface area contributed by atoms with Gasteiger partial charge >= 0.3 is 0 Å². The molecule has 150 valence electrons. The molecule has 6 nitrogen and oxygen atoms in total. The number of hydrogen-bond acceptors (Lipinski definition) is 6. The van der Waals surface area contributed by atoms with Crippen molar-refractivity contribution in [2.24, 2.45) is 0 Å². The fraction of sp³-hybridized carbons (Fsp3) is 0.286. The predicted molar refractivity (Wildman–Crippen MR) is 116 cm³/mol. The van der Waals surface area contributed by atoms with E-state index in [1.807, 2.05) is 25.1 Å². The van der Waals surface area contributed by atoms with Crippen LogP contribution in [0.15, 0.2) is 41.8 Å². The van der Waals surface area contributed by atoms with Crippen LogP contribution in [0.25, 0.3) is 10.6 Å². The molecule has 0 radical (unpaired) electrons. The van der Waals surface area contributed by atoms with Crippen LogP contribution < -0.4 is 15.0 Å². The van der Waals surface area contributed by atoms with Crippen LogP contribution in [0.3, 0.4) is 0 Å². The zero-order valence-electron chi connectivity index (χ0n) is 16.0. The Morgan fingerprint density at radius 1 is 1.28 bits per heavy atom. The van der Waals surface area contributed by atoms with E-state index in [1.165, 1.54) is 9.78 Å². The molecule has 0 fully saturated rings. The number of thiazole rings is 1. The Kier molecular flexibility index (Phi) is 5.92. The third kappa shape index (κ3) is 4.65. The molecule has 1 N–H and O–H groups in total. The summed E-state index contributed by atoms with van der Waals surface area (Å²) in [5.41, 5.74) is 1.65. The van der Waals surface area contributed by atoms with Crippen molar-refractivity contribution in [1.82, 2.24) is 10.3 Å². The number of rotatable bonds is 6. The number of nitrogens with one attached hydrogen (secondary N) is 1. The summed E-state index contributed by atoms with van der Waals surface area (Å²) in [4.78, 5) is 33.2. The van der Waals surface area contributed by atoms with Gasteiger partial charge in [-0.1, -0.05) is 12.1 Å². The Balaban J connectivity index is 1.32. The van der Waals surface area contributed by atoms with Gasteiger partial charge in [-0.3, -0.25) is 14.5 Å². The van der Waals surface area contributed by atoms with Gasteiger partial charge in [0.15, 0.2) is 0 Å². The van der Waals surface area contributed by atoms with Crippen LogP contribution in [0.1, 0.15) is 16.3 Å². The van der Waals surface area contributed by atoms with Crippen molar-refractivity contribution in [2.75, 3.05) is 24.6 Å². The normalized spacial score (nSPS) is 13.6. The predicted octanol–water partition coefficient (Wildman–Crippen LogP) is 3.65. The lowest BCUT2D eigenvalue weighted by Gasteiger charge is -2.21. The molecule has 8 heteroatoms. The number of benzene rings is 1. The zero-order chi connectivity index (χ0) is 20.2. The van der Waals surface area contributed by atoms with Gasteiger partial charge in [0.1, 0.15) is 12.3 Å². The highest BCUT2D eigenvalue weighted by molar-refractivity contribution is 7.16. The number of amides is 2. The van der Waals surface area contributed by atoms with Crippen LogP contribution in [0, 0.1) is 6.92 Å². The largest absolute Gasteiger partial charge is 0.491 e. The van der Waals surface area contributed by atoms with Gasteiger partial charge in [0.2, 0.25) is 11.8 Å². The first kappa shape index (κ1) is 19.6. The molecular formula is C21H21N3O3S2. The number of aryl methyl sites for hydroxylation is 1. The van der Waals surface area contributed by atoms with Crippen LogP contribution in [0.5, 0.6) is 5.75 Å². The molecule has 2 aromatic heterocycles. The zero-order valence-corrected chi connectivity index (χ0v) is 17.6. The van der Waals surface area contributed by atoms with Crippen molar-refractivity contribution in [1.29, 1.82) is 0 Å². The molecule has 4 rings (SSSR count). The van der Waals surface area contributed by atoms with E-state index in [4.69, 9.17) is 4.74 Å². The van der Waals surface area contributed by atoms with Gasteiger partial charge in [-0.25, -0.2) is 4.98 Å². The van der Waals surface area contributed by atoms with E-state index in [0.717, 1.165) is 22.0 Å². The Bertz CT molecular complexity index is 1030. The summed E-state index contributed by atoms with van der Waals surface area (Å²) in [6.45, 7) is 2.84. The average molecular weight is 428 g/mol. The molecular weight excluding hydrogens is 406 g/mol. The number of carbonyl (C=O) groups is 2. The summed E-state index contributed by atoms with van der Waals surface area (Å²) in [6.07, 6.45) is 1.00. The second kappa shape index (κ2) is 8.75. The Morgan fingerprint density at radius 2 is 2.14 bits per heavy atom. The molecule has 3 aromatic rings. The van der Waals surface area contributed by atoms with E-state index in [2.05, 4.69) is 27.8 Å². The summed E-state index contributed by atoms with van der Waals surface area (Å²) in [5, 5.41) is 6.04. The summed E-state index contributed by atoms with van der Waals surface area (Å²) < 4.78 is 5.61. The highest BCUT2D eigenvalue weighted by Crippen LogP contribution is 2.31. The van der Waals surface area contributed by atoms with Gasteiger partial charge in [-0.15, -0.1) is 22.7 Å². The van der Waals surface area contributed by atoms with Crippen molar-refractivity contribution in [3.05, 3.63) is 51.7 Å². The molecule has 2 amide bonds. The monoisotopic (exact) mass is 427 g/mol. The molecule has 0 atom stereocenters. The van der Waals surface area contributed by atoms with E-state index in [9.17, 15) is 9.59 Å². The second-order valence-electron chi connectivity index (χ2n) is 6.66. The van der Waals surface area contributed by atoms with Gasteiger partial charge in [0.05, 0.1) is 34.3 Å². The quantitative estimate of drug-likeness (QED) is 0.652. The smallest absolute Gasteiger partial charge is 0.240 e. The minimum Gasteiger partial charge on any atom is -0.491 e. The molecule has 0 saturated carbocycles. The SMILES string of the molecule is Cc1nc(-c2ccc(CCNC(=O)CN3C(=O)CCOc4ccccc43)s2)cs1. The number of thiophene rings is 1. The minimum atomic E-state index is -0.179. The molecule has 0 spiro atoms. The van der Waals surface area contributed by atoms with Crippen LogP contribution in [-0.4, -0.2) is 36.5 Å². The van der Waals surface area contributed by atoms with E-state index >= 15 is 0 Å². The van der Waals surface area contributed by atoms with Crippen molar-refractivity contribution in [3.8, 4) is 16.3 Å². The first-order valence-electron chi connectivity index (χ1n) is 9.40. The molecule has 0 saturated heterocycles. The highest BCUT2D eigenvalue weighted by Gasteiger charge is 2.24. The van der Waals surface area contributed by atoms with E-state index < -0.39 is 0 Å². The number of carbonyl (C=O) groups excluding carboxylic acids is 2. The lowest BCUT2D eigenvalue weighted by atomic mass is 10.2. The lowest BCUT2D eigenvalue weighted by molar-refractivity contribution is -0.123. The lowest BCUT2D eigenvalue weighted by Crippen LogP contribution is -2.41. The van der Waals surface area contributed by atoms with Gasteiger partial charge < -0.3 is 10.1 Å². The summed E-state index contributed by atoms with van der Waals surface area (Å²) in [6, 6.07) is 11.5. The third-order valence-corrected chi connectivity index (χ3v) is 6.50. The van der Waals surface area contributed by atoms with E-state index in [1.54, 1.807) is 28.7 Å². The third-order valence-electron chi connectivity index (χ3n) is 4.56. The second-order valence-corrected chi connectivity index (χ2v) is 8.89. The molecule has 0 aliphatic carbocycles. The number of aromatic nitrogens is 1.